The van der Waals surface area contributed by atoms with Crippen LogP contribution < -0.4 is 0 Å². The highest BCUT2D eigenvalue weighted by Crippen LogP contribution is 2.70. The second-order valence-electron chi connectivity index (χ2n) is 23.1. The maximum absolute atomic E-state index is 12.4. The van der Waals surface area contributed by atoms with Crippen molar-refractivity contribution < 1.29 is 9.59 Å². The quantitative estimate of drug-likeness (QED) is 0.0306. The van der Waals surface area contributed by atoms with Crippen molar-refractivity contribution in [1.29, 1.82) is 5.41 Å². The molecular formula is C72H66N4O2S6. The van der Waals surface area contributed by atoms with Crippen LogP contribution in [0.3, 0.4) is 0 Å². The molecule has 3 aliphatic carbocycles. The SMILES string of the molecule is CCCCCCCCc1ccc(C2(c3ccc(C)cc3)c3cc(C4=CC=C(C=O)/C(=N/S)C4=N)sc3-c3sc4c5c(sc4c32)-c2sc(-c3ccc(C=O)c4nsnc34)cc2C5(c2ccc(C)cc2)c2ccc(CCCCCCCC)cc2)cc1. The van der Waals surface area contributed by atoms with Crippen molar-refractivity contribution in [2.75, 3.05) is 0 Å². The number of thiophene rings is 4. The molecule has 84 heavy (non-hydrogen) atoms. The van der Waals surface area contributed by atoms with Gasteiger partial charge in [0.25, 0.3) is 0 Å². The standard InChI is InChI=1S/C72H66N4O2S6/c1-5-7-9-11-13-15-17-45-23-33-51(34-24-45)71(49-29-19-43(3)20-30-49)55-39-57(53-37-27-47(41-77)62(74-79)61(53)73)80-65(55)67-59(71)69-70(82-67)60-68(83-69)66-56(40-58(81-66)54-38-28-48(42-78)63-64(54)76-84-75-63)72(60,50-31-21-44(4)22-32-50)52-35-25-46(26-36-52)18-16-14-12-10-8-6-2/h19-42,73,79H,5-18H2,1-4H3/b73-61?,74-62-. The molecule has 13 rings (SSSR count). The van der Waals surface area contributed by atoms with E-state index in [0.717, 1.165) is 63.5 Å². The third-order valence-corrected chi connectivity index (χ3v) is 23.8. The van der Waals surface area contributed by atoms with Gasteiger partial charge in [-0.2, -0.15) is 8.75 Å². The van der Waals surface area contributed by atoms with Crippen LogP contribution in [-0.4, -0.2) is 32.7 Å². The number of thiol groups is 1. The number of fused-ring (bicyclic) bond motifs is 10. The van der Waals surface area contributed by atoms with Gasteiger partial charge in [-0.1, -0.05) is 198 Å². The van der Waals surface area contributed by atoms with Crippen LogP contribution in [-0.2, 0) is 28.5 Å². The molecule has 1 N–H and O–H groups in total. The van der Waals surface area contributed by atoms with Gasteiger partial charge in [0, 0.05) is 43.2 Å². The van der Waals surface area contributed by atoms with E-state index < -0.39 is 10.8 Å². The summed E-state index contributed by atoms with van der Waals surface area (Å²) < 4.78 is 16.3. The zero-order chi connectivity index (χ0) is 57.7. The van der Waals surface area contributed by atoms with Gasteiger partial charge in [0.15, 0.2) is 12.6 Å². The number of unbranched alkanes of at least 4 members (excludes halogenated alkanes) is 10. The summed E-state index contributed by atoms with van der Waals surface area (Å²) >= 11 is 12.9. The van der Waals surface area contributed by atoms with Gasteiger partial charge >= 0.3 is 0 Å². The lowest BCUT2D eigenvalue weighted by Gasteiger charge is -2.34. The van der Waals surface area contributed by atoms with Gasteiger partial charge in [-0.25, -0.2) is 4.40 Å². The fourth-order valence-corrected chi connectivity index (χ4v) is 20.2. The number of allylic oxidation sites excluding steroid dienone is 4. The Labute approximate surface area is 518 Å². The number of nitrogens with zero attached hydrogens (tertiary/aromatic N) is 3. The van der Waals surface area contributed by atoms with Crippen LogP contribution in [0, 0.1) is 19.3 Å². The minimum absolute atomic E-state index is 0.192. The van der Waals surface area contributed by atoms with Crippen LogP contribution in [0.5, 0.6) is 0 Å². The summed E-state index contributed by atoms with van der Waals surface area (Å²) in [6.45, 7) is 8.91. The summed E-state index contributed by atoms with van der Waals surface area (Å²) in [6.07, 6.45) is 22.5. The second kappa shape index (κ2) is 23.7. The number of benzene rings is 5. The predicted octanol–water partition coefficient (Wildman–Crippen LogP) is 20.5. The molecule has 0 radical (unpaired) electrons. The van der Waals surface area contributed by atoms with E-state index in [9.17, 15) is 15.0 Å². The number of hydrogen-bond acceptors (Lipinski definition) is 12. The molecular weight excluding hydrogens is 1150 g/mol. The molecule has 2 unspecified atom stereocenters. The zero-order valence-corrected chi connectivity index (χ0v) is 52.9. The predicted molar refractivity (Wildman–Crippen MR) is 362 cm³/mol. The molecule has 0 aliphatic heterocycles. The lowest BCUT2D eigenvalue weighted by molar-refractivity contribution is -0.104. The van der Waals surface area contributed by atoms with Crippen molar-refractivity contribution in [3.8, 4) is 29.9 Å². The summed E-state index contributed by atoms with van der Waals surface area (Å²) in [5.41, 5.74) is 18.2. The Hall–Kier alpha value is -6.51. The smallest absolute Gasteiger partial charge is 0.152 e. The van der Waals surface area contributed by atoms with Crippen molar-refractivity contribution in [3.05, 3.63) is 216 Å². The number of aryl methyl sites for hydroxylation is 4. The van der Waals surface area contributed by atoms with Crippen LogP contribution in [0.15, 0.2) is 143 Å². The largest absolute Gasteiger partial charge is 0.298 e. The van der Waals surface area contributed by atoms with E-state index in [-0.39, 0.29) is 11.4 Å². The van der Waals surface area contributed by atoms with Gasteiger partial charge in [0.2, 0.25) is 0 Å². The Kier molecular flexibility index (Phi) is 16.0. The van der Waals surface area contributed by atoms with Crippen LogP contribution in [0.2, 0.25) is 0 Å². The molecule has 5 aromatic heterocycles. The maximum atomic E-state index is 12.4. The molecule has 0 saturated carbocycles. The second-order valence-corrected chi connectivity index (χ2v) is 27.9. The highest BCUT2D eigenvalue weighted by molar-refractivity contribution is 7.79. The molecule has 10 aromatic rings. The summed E-state index contributed by atoms with van der Waals surface area (Å²) in [7, 11) is 0. The number of carbonyl (C=O) groups excluding carboxylic acids is 2. The van der Waals surface area contributed by atoms with E-state index in [2.05, 4.69) is 165 Å². The molecule has 2 atom stereocenters. The molecule has 3 aliphatic rings. The molecule has 0 saturated heterocycles. The first-order valence-electron chi connectivity index (χ1n) is 29.8. The van der Waals surface area contributed by atoms with Gasteiger partial charge in [-0.05, 0) is 121 Å². The van der Waals surface area contributed by atoms with Gasteiger partial charge < -0.3 is 0 Å². The first-order chi connectivity index (χ1) is 41.2. The van der Waals surface area contributed by atoms with Crippen LogP contribution >= 0.6 is 69.9 Å². The third-order valence-electron chi connectivity index (χ3n) is 17.9. The minimum atomic E-state index is -0.734. The zero-order valence-electron chi connectivity index (χ0n) is 47.9. The topological polar surface area (TPSA) is 96.1 Å². The van der Waals surface area contributed by atoms with Crippen molar-refractivity contribution in [3.63, 3.8) is 0 Å². The van der Waals surface area contributed by atoms with E-state index >= 15 is 0 Å². The van der Waals surface area contributed by atoms with Crippen LogP contribution in [0.25, 0.3) is 56.0 Å². The van der Waals surface area contributed by atoms with E-state index in [0.29, 0.717) is 16.7 Å². The summed E-state index contributed by atoms with van der Waals surface area (Å²) in [5.74, 6) is 0. The number of nitrogens with one attached hydrogen (secondary N) is 1. The van der Waals surface area contributed by atoms with Crippen molar-refractivity contribution in [1.82, 2.24) is 8.75 Å². The Bertz CT molecular complexity index is 4260. The van der Waals surface area contributed by atoms with Crippen LogP contribution in [0.4, 0.5) is 0 Å². The highest BCUT2D eigenvalue weighted by Gasteiger charge is 2.55. The molecule has 0 bridgehead atoms. The third kappa shape index (κ3) is 9.36. The normalized spacial score (nSPS) is 17.4. The van der Waals surface area contributed by atoms with Crippen molar-refractivity contribution in [2.24, 2.45) is 4.40 Å². The highest BCUT2D eigenvalue weighted by atomic mass is 32.1. The Morgan fingerprint density at radius 2 is 0.988 bits per heavy atom. The number of rotatable bonds is 22. The van der Waals surface area contributed by atoms with Gasteiger partial charge in [-0.15, -0.1) is 45.3 Å². The monoisotopic (exact) mass is 1210 g/mol. The summed E-state index contributed by atoms with van der Waals surface area (Å²) in [4.78, 5) is 31.7. The number of aldehydes is 2. The Balaban J connectivity index is 1.07. The summed E-state index contributed by atoms with van der Waals surface area (Å²) in [6, 6.07) is 46.5. The lowest BCUT2D eigenvalue weighted by Crippen LogP contribution is -2.29. The molecule has 5 aromatic carbocycles. The Morgan fingerprint density at radius 1 is 0.524 bits per heavy atom. The molecule has 0 spiro atoms. The average Bonchev–Trinajstić information content (AvgIpc) is 1.53. The molecule has 12 heteroatoms. The van der Waals surface area contributed by atoms with E-state index in [1.807, 2.05) is 46.2 Å². The summed E-state index contributed by atoms with van der Waals surface area (Å²) in [5, 5.41) is 9.51. The molecule has 0 fully saturated rings. The fraction of sp³-hybridized carbons (Fsp3) is 0.278. The van der Waals surface area contributed by atoms with Crippen molar-refractivity contribution in [2.45, 2.75) is 128 Å². The van der Waals surface area contributed by atoms with E-state index in [1.165, 1.54) is 173 Å². The lowest BCUT2D eigenvalue weighted by atomic mass is 9.67. The molecule has 5 heterocycles. The average molecular weight is 1210 g/mol. The molecule has 6 nitrogen and oxygen atoms in total. The van der Waals surface area contributed by atoms with Crippen molar-refractivity contribution >= 4 is 120 Å². The van der Waals surface area contributed by atoms with Gasteiger partial charge in [-0.3, -0.25) is 15.0 Å². The first kappa shape index (κ1) is 56.6. The first-order valence-corrected chi connectivity index (χ1v) is 34.2. The number of hydrogen-bond donors (Lipinski definition) is 2. The van der Waals surface area contributed by atoms with Gasteiger partial charge in [0.05, 0.1) is 57.2 Å². The minimum Gasteiger partial charge on any atom is -0.298 e. The van der Waals surface area contributed by atoms with Crippen LogP contribution in [0.1, 0.15) is 173 Å². The van der Waals surface area contributed by atoms with Gasteiger partial charge in [0.1, 0.15) is 16.7 Å². The maximum Gasteiger partial charge on any atom is 0.152 e. The number of carbonyl (C=O) groups is 2. The fourth-order valence-electron chi connectivity index (χ4n) is 13.5. The molecule has 0 amide bonds. The number of aromatic nitrogens is 2. The Morgan fingerprint density at radius 3 is 1.48 bits per heavy atom. The van der Waals surface area contributed by atoms with E-state index in [4.69, 9.17) is 4.37 Å². The van der Waals surface area contributed by atoms with E-state index in [1.54, 1.807) is 17.4 Å². The molecule has 422 valence electrons.